The Kier molecular flexibility index (Phi) is 5.14. The third-order valence-corrected chi connectivity index (χ3v) is 8.17. The molecule has 0 radical (unpaired) electrons. The van der Waals surface area contributed by atoms with E-state index in [1.54, 1.807) is 12.1 Å². The van der Waals surface area contributed by atoms with Crippen LogP contribution in [0, 0.1) is 0 Å². The van der Waals surface area contributed by atoms with E-state index in [1.165, 1.54) is 4.31 Å². The van der Waals surface area contributed by atoms with E-state index in [-0.39, 0.29) is 0 Å². The summed E-state index contributed by atoms with van der Waals surface area (Å²) in [7, 11) is -4.49. The summed E-state index contributed by atoms with van der Waals surface area (Å²) in [5.41, 5.74) is 1.15. The minimum absolute atomic E-state index is 0.301. The van der Waals surface area contributed by atoms with Crippen molar-refractivity contribution in [3.8, 4) is 0 Å². The summed E-state index contributed by atoms with van der Waals surface area (Å²) in [6.45, 7) is 8.59. The predicted octanol–water partition coefficient (Wildman–Crippen LogP) is 2.73. The lowest BCUT2D eigenvalue weighted by molar-refractivity contribution is 0.378. The van der Waals surface area contributed by atoms with Crippen LogP contribution in [0.2, 0.25) is 0 Å². The smallest absolute Gasteiger partial charge is 0.243 e. The van der Waals surface area contributed by atoms with Crippen LogP contribution in [0.3, 0.4) is 0 Å². The molecule has 2 atom stereocenters. The Morgan fingerprint density at radius 1 is 1.27 bits per heavy atom. The van der Waals surface area contributed by atoms with Gasteiger partial charge in [0.2, 0.25) is 10.0 Å². The van der Waals surface area contributed by atoms with Crippen LogP contribution in [0.5, 0.6) is 0 Å². The van der Waals surface area contributed by atoms with Crippen molar-refractivity contribution in [1.29, 1.82) is 0 Å². The van der Waals surface area contributed by atoms with E-state index in [9.17, 15) is 12.6 Å². The number of hydrogen-bond donors (Lipinski definition) is 0. The van der Waals surface area contributed by atoms with E-state index in [0.29, 0.717) is 29.7 Å². The lowest BCUT2D eigenvalue weighted by atomic mass is 9.99. The Balaban J connectivity index is 2.25. The minimum Gasteiger partial charge on any atom is -0.259 e. The van der Waals surface area contributed by atoms with Crippen molar-refractivity contribution >= 4 is 20.8 Å². The highest BCUT2D eigenvalue weighted by atomic mass is 32.2. The third kappa shape index (κ3) is 3.44. The number of benzene rings is 1. The normalized spacial score (nSPS) is 24.1. The van der Waals surface area contributed by atoms with Crippen LogP contribution in [-0.4, -0.2) is 40.5 Å². The maximum atomic E-state index is 12.8. The molecule has 1 aliphatic heterocycles. The van der Waals surface area contributed by atoms with E-state index >= 15 is 0 Å². The van der Waals surface area contributed by atoms with E-state index < -0.39 is 25.6 Å². The van der Waals surface area contributed by atoms with Crippen molar-refractivity contribution in [2.45, 2.75) is 49.7 Å². The monoisotopic (exact) mass is 343 g/mol. The maximum absolute atomic E-state index is 12.8. The van der Waals surface area contributed by atoms with Gasteiger partial charge in [-0.25, -0.2) is 8.42 Å². The van der Waals surface area contributed by atoms with Crippen molar-refractivity contribution in [1.82, 2.24) is 4.31 Å². The molecule has 0 spiro atoms. The molecule has 0 saturated carbocycles. The average molecular weight is 344 g/mol. The minimum atomic E-state index is -3.51. The summed E-state index contributed by atoms with van der Waals surface area (Å²) >= 11 is 0. The number of sulfonamides is 1. The molecule has 124 valence electrons. The lowest BCUT2D eigenvalue weighted by Gasteiger charge is -2.36. The molecule has 1 heterocycles. The molecule has 0 N–H and O–H groups in total. The van der Waals surface area contributed by atoms with Gasteiger partial charge in [0.25, 0.3) is 0 Å². The Bertz CT molecular complexity index is 650. The topological polar surface area (TPSA) is 54.5 Å². The average Bonchev–Trinajstić information content (AvgIpc) is 2.49. The highest BCUT2D eigenvalue weighted by Crippen LogP contribution is 2.27. The van der Waals surface area contributed by atoms with E-state index in [2.05, 4.69) is 13.8 Å². The lowest BCUT2D eigenvalue weighted by Crippen LogP contribution is -2.51. The molecule has 1 aromatic rings. The molecular weight excluding hydrogens is 318 g/mol. The zero-order chi connectivity index (χ0) is 16.5. The van der Waals surface area contributed by atoms with E-state index in [0.717, 1.165) is 12.0 Å². The predicted molar refractivity (Wildman–Crippen MR) is 91.0 cm³/mol. The van der Waals surface area contributed by atoms with Gasteiger partial charge in [-0.15, -0.1) is 0 Å². The fourth-order valence-electron chi connectivity index (χ4n) is 2.60. The number of rotatable bonds is 4. The van der Waals surface area contributed by atoms with Gasteiger partial charge in [0.15, 0.2) is 0 Å². The molecule has 0 amide bonds. The van der Waals surface area contributed by atoms with Gasteiger partial charge >= 0.3 is 0 Å². The maximum Gasteiger partial charge on any atom is 0.243 e. The molecule has 1 saturated heterocycles. The molecule has 1 aromatic carbocycles. The van der Waals surface area contributed by atoms with Gasteiger partial charge in [-0.3, -0.25) is 4.21 Å². The van der Waals surface area contributed by atoms with Crippen molar-refractivity contribution in [3.05, 3.63) is 29.8 Å². The van der Waals surface area contributed by atoms with Crippen LogP contribution < -0.4 is 0 Å². The SMILES string of the molecule is CCC(C)c1ccc(S(=O)(=O)N2CCS(=O)C(C)(C)C2)cc1. The van der Waals surface area contributed by atoms with Crippen LogP contribution in [0.4, 0.5) is 0 Å². The zero-order valence-electron chi connectivity index (χ0n) is 13.7. The fourth-order valence-corrected chi connectivity index (χ4v) is 5.63. The van der Waals surface area contributed by atoms with Crippen LogP contribution in [-0.2, 0) is 20.8 Å². The van der Waals surface area contributed by atoms with Gasteiger partial charge in [0.1, 0.15) is 0 Å². The van der Waals surface area contributed by atoms with Crippen molar-refractivity contribution in [2.24, 2.45) is 0 Å². The van der Waals surface area contributed by atoms with Crippen molar-refractivity contribution in [3.63, 3.8) is 0 Å². The van der Waals surface area contributed by atoms with Crippen LogP contribution in [0.1, 0.15) is 45.6 Å². The molecule has 1 aliphatic rings. The summed E-state index contributed by atoms with van der Waals surface area (Å²) in [4.78, 5) is 0.322. The zero-order valence-corrected chi connectivity index (χ0v) is 15.3. The van der Waals surface area contributed by atoms with Gasteiger partial charge in [-0.05, 0) is 43.9 Å². The number of nitrogens with zero attached hydrogens (tertiary/aromatic N) is 1. The van der Waals surface area contributed by atoms with Crippen LogP contribution >= 0.6 is 0 Å². The summed E-state index contributed by atoms with van der Waals surface area (Å²) in [6.07, 6.45) is 1.03. The van der Waals surface area contributed by atoms with Gasteiger partial charge in [0.05, 0.1) is 9.64 Å². The van der Waals surface area contributed by atoms with Gasteiger partial charge in [0, 0.05) is 29.6 Å². The second-order valence-electron chi connectivity index (χ2n) is 6.53. The summed E-state index contributed by atoms with van der Waals surface area (Å²) in [6, 6.07) is 7.17. The Morgan fingerprint density at radius 2 is 1.86 bits per heavy atom. The molecular formula is C16H25NO3S2. The summed E-state index contributed by atoms with van der Waals surface area (Å²) < 4.78 is 38.5. The molecule has 2 rings (SSSR count). The van der Waals surface area contributed by atoms with Gasteiger partial charge in [-0.2, -0.15) is 4.31 Å². The number of hydrogen-bond acceptors (Lipinski definition) is 3. The molecule has 6 heteroatoms. The summed E-state index contributed by atoms with van der Waals surface area (Å²) in [5.74, 6) is 0.824. The fraction of sp³-hybridized carbons (Fsp3) is 0.625. The quantitative estimate of drug-likeness (QED) is 0.845. The summed E-state index contributed by atoms with van der Waals surface area (Å²) in [5, 5.41) is 0. The van der Waals surface area contributed by atoms with E-state index in [4.69, 9.17) is 0 Å². The van der Waals surface area contributed by atoms with Crippen LogP contribution in [0.15, 0.2) is 29.2 Å². The third-order valence-electron chi connectivity index (χ3n) is 4.40. The first-order valence-corrected chi connectivity index (χ1v) is 10.4. The highest BCUT2D eigenvalue weighted by molar-refractivity contribution is 7.89. The standard InChI is InChI=1S/C16H25NO3S2/c1-5-13(2)14-6-8-15(9-7-14)22(19,20)17-10-11-21(18)16(3,4)12-17/h6-9,13H,5,10-12H2,1-4H3. The van der Waals surface area contributed by atoms with Gasteiger partial charge in [-0.1, -0.05) is 26.0 Å². The van der Waals surface area contributed by atoms with Gasteiger partial charge < -0.3 is 0 Å². The first-order valence-electron chi connectivity index (χ1n) is 7.67. The molecule has 4 nitrogen and oxygen atoms in total. The van der Waals surface area contributed by atoms with Crippen LogP contribution in [0.25, 0.3) is 0 Å². The molecule has 0 aromatic heterocycles. The van der Waals surface area contributed by atoms with Crippen molar-refractivity contribution in [2.75, 3.05) is 18.8 Å². The Morgan fingerprint density at radius 3 is 2.36 bits per heavy atom. The second-order valence-corrected chi connectivity index (χ2v) is 10.7. The Labute approximate surface area is 136 Å². The molecule has 0 bridgehead atoms. The van der Waals surface area contributed by atoms with Crippen molar-refractivity contribution < 1.29 is 12.6 Å². The molecule has 0 aliphatic carbocycles. The molecule has 22 heavy (non-hydrogen) atoms. The second kappa shape index (κ2) is 6.42. The van der Waals surface area contributed by atoms with E-state index in [1.807, 2.05) is 26.0 Å². The molecule has 1 fully saturated rings. The molecule has 2 unspecified atom stereocenters. The first-order chi connectivity index (χ1) is 10.2. The Hall–Kier alpha value is -0.720. The first kappa shape index (κ1) is 17.6. The highest BCUT2D eigenvalue weighted by Gasteiger charge is 2.38. The largest absolute Gasteiger partial charge is 0.259 e.